The van der Waals surface area contributed by atoms with Gasteiger partial charge in [0.15, 0.2) is 5.82 Å². The first-order valence-electron chi connectivity index (χ1n) is 6.31. The van der Waals surface area contributed by atoms with Crippen LogP contribution in [-0.2, 0) is 0 Å². The number of nitrogens with zero attached hydrogens (tertiary/aromatic N) is 2. The molecule has 0 radical (unpaired) electrons. The van der Waals surface area contributed by atoms with Gasteiger partial charge < -0.3 is 4.74 Å². The summed E-state index contributed by atoms with van der Waals surface area (Å²) in [6.07, 6.45) is 0. The van der Waals surface area contributed by atoms with E-state index in [-0.39, 0.29) is 5.91 Å². The normalized spacial score (nSPS) is 10.6. The van der Waals surface area contributed by atoms with Gasteiger partial charge in [0.05, 0.1) is 20.8 Å². The summed E-state index contributed by atoms with van der Waals surface area (Å²) in [6.45, 7) is 0. The molecule has 1 aromatic carbocycles. The van der Waals surface area contributed by atoms with Gasteiger partial charge in [-0.15, -0.1) is 11.3 Å². The summed E-state index contributed by atoms with van der Waals surface area (Å²) in [7, 11) is 1.52. The fourth-order valence-electron chi connectivity index (χ4n) is 1.79. The molecule has 5 nitrogen and oxygen atoms in total. The molecule has 0 saturated heterocycles. The summed E-state index contributed by atoms with van der Waals surface area (Å²) in [4.78, 5) is 17.5. The van der Waals surface area contributed by atoms with Gasteiger partial charge in [0.25, 0.3) is 5.91 Å². The van der Waals surface area contributed by atoms with Crippen molar-refractivity contribution in [1.82, 2.24) is 9.36 Å². The Morgan fingerprint density at radius 2 is 2.17 bits per heavy atom. The molecule has 9 heteroatoms. The second kappa shape index (κ2) is 6.96. The van der Waals surface area contributed by atoms with Crippen LogP contribution in [0.1, 0.15) is 10.4 Å². The quantitative estimate of drug-likeness (QED) is 0.636. The van der Waals surface area contributed by atoms with Crippen LogP contribution in [0.5, 0.6) is 5.75 Å². The van der Waals surface area contributed by atoms with E-state index in [0.29, 0.717) is 27.3 Å². The van der Waals surface area contributed by atoms with E-state index < -0.39 is 0 Å². The lowest BCUT2D eigenvalue weighted by Gasteiger charge is -2.05. The number of benzene rings is 1. The smallest absolute Gasteiger partial charge is 0.257 e. The van der Waals surface area contributed by atoms with Crippen molar-refractivity contribution in [2.75, 3.05) is 12.4 Å². The molecule has 0 aliphatic heterocycles. The van der Waals surface area contributed by atoms with Gasteiger partial charge in [-0.1, -0.05) is 11.6 Å². The van der Waals surface area contributed by atoms with E-state index in [0.717, 1.165) is 20.2 Å². The molecule has 0 aliphatic rings. The third-order valence-corrected chi connectivity index (χ3v) is 5.40. The lowest BCUT2D eigenvalue weighted by molar-refractivity contribution is 0.102. The summed E-state index contributed by atoms with van der Waals surface area (Å²) in [5.74, 6) is 0.808. The van der Waals surface area contributed by atoms with Crippen LogP contribution >= 0.6 is 50.4 Å². The maximum atomic E-state index is 12.2. The fraction of sp³-hybridized carbons (Fsp3) is 0.0714. The maximum absolute atomic E-state index is 12.2. The third kappa shape index (κ3) is 3.72. The number of rotatable bonds is 4. The predicted octanol–water partition coefficient (Wildman–Crippen LogP) is 4.94. The summed E-state index contributed by atoms with van der Waals surface area (Å²) in [5, 5.41) is 3.53. The van der Waals surface area contributed by atoms with Crippen LogP contribution in [0.15, 0.2) is 34.1 Å². The van der Waals surface area contributed by atoms with Gasteiger partial charge in [-0.25, -0.2) is 0 Å². The largest absolute Gasteiger partial charge is 0.495 e. The summed E-state index contributed by atoms with van der Waals surface area (Å²) < 4.78 is 10.3. The zero-order valence-corrected chi connectivity index (χ0v) is 15.6. The molecule has 3 aromatic rings. The Hall–Kier alpha value is -1.48. The number of thiophene rings is 1. The average Bonchev–Trinajstić information content (AvgIpc) is 3.16. The number of anilines is 1. The van der Waals surface area contributed by atoms with E-state index in [2.05, 4.69) is 30.6 Å². The van der Waals surface area contributed by atoms with Crippen LogP contribution in [0, 0.1) is 0 Å². The molecule has 0 saturated carbocycles. The minimum Gasteiger partial charge on any atom is -0.495 e. The van der Waals surface area contributed by atoms with Crippen LogP contribution in [-0.4, -0.2) is 22.4 Å². The van der Waals surface area contributed by atoms with Crippen molar-refractivity contribution in [3.05, 3.63) is 44.7 Å². The highest BCUT2D eigenvalue weighted by atomic mass is 79.9. The van der Waals surface area contributed by atoms with Crippen molar-refractivity contribution < 1.29 is 9.53 Å². The zero-order chi connectivity index (χ0) is 16.4. The topological polar surface area (TPSA) is 64.1 Å². The predicted molar refractivity (Wildman–Crippen MR) is 96.9 cm³/mol. The van der Waals surface area contributed by atoms with Crippen molar-refractivity contribution in [3.8, 4) is 16.5 Å². The molecular formula is C14H9BrClN3O2S2. The minimum absolute atomic E-state index is 0.301. The Morgan fingerprint density at radius 3 is 2.83 bits per heavy atom. The van der Waals surface area contributed by atoms with Gasteiger partial charge in [-0.2, -0.15) is 9.36 Å². The van der Waals surface area contributed by atoms with Gasteiger partial charge in [-0.05, 0) is 46.3 Å². The molecule has 2 heterocycles. The highest BCUT2D eigenvalue weighted by Crippen LogP contribution is 2.31. The summed E-state index contributed by atoms with van der Waals surface area (Å²) in [6, 6.07) is 8.68. The molecule has 0 aliphatic carbocycles. The SMILES string of the molecule is COc1ccc(C(=O)Nc2nc(-c3ccc(Br)s3)ns2)cc1Cl. The highest BCUT2D eigenvalue weighted by molar-refractivity contribution is 9.11. The summed E-state index contributed by atoms with van der Waals surface area (Å²) in [5.41, 5.74) is 0.423. The molecule has 3 rings (SSSR count). The molecule has 0 unspecified atom stereocenters. The van der Waals surface area contributed by atoms with E-state index in [1.165, 1.54) is 18.4 Å². The van der Waals surface area contributed by atoms with E-state index >= 15 is 0 Å². The van der Waals surface area contributed by atoms with Crippen LogP contribution in [0.3, 0.4) is 0 Å². The van der Waals surface area contributed by atoms with Crippen LogP contribution in [0.2, 0.25) is 5.02 Å². The van der Waals surface area contributed by atoms with Gasteiger partial charge >= 0.3 is 0 Å². The first-order chi connectivity index (χ1) is 11.1. The lowest BCUT2D eigenvalue weighted by Crippen LogP contribution is -2.11. The number of methoxy groups -OCH3 is 1. The number of carbonyl (C=O) groups excluding carboxylic acids is 1. The number of amides is 1. The van der Waals surface area contributed by atoms with Crippen molar-refractivity contribution in [2.24, 2.45) is 0 Å². The van der Waals surface area contributed by atoms with Gasteiger partial charge in [0.1, 0.15) is 5.75 Å². The molecule has 0 bridgehead atoms. The number of halogens is 2. The number of hydrogen-bond donors (Lipinski definition) is 1. The Kier molecular flexibility index (Phi) is 4.96. The molecule has 0 fully saturated rings. The molecule has 0 spiro atoms. The standard InChI is InChI=1S/C14H9BrClN3O2S2/c1-21-9-3-2-7(6-8(9)16)13(20)18-14-17-12(19-23-14)10-4-5-11(15)22-10/h2-6H,1H3,(H,17,18,19,20). The van der Waals surface area contributed by atoms with E-state index in [1.54, 1.807) is 18.2 Å². The second-order valence-corrected chi connectivity index (χ2v) is 7.95. The van der Waals surface area contributed by atoms with E-state index in [9.17, 15) is 4.79 Å². The number of hydrogen-bond acceptors (Lipinski definition) is 6. The van der Waals surface area contributed by atoms with Crippen molar-refractivity contribution in [1.29, 1.82) is 0 Å². The molecule has 118 valence electrons. The molecule has 0 atom stereocenters. The number of nitrogens with one attached hydrogen (secondary N) is 1. The van der Waals surface area contributed by atoms with Gasteiger partial charge in [0.2, 0.25) is 5.13 Å². The molecule has 1 amide bonds. The molecule has 2 aromatic heterocycles. The molecule has 1 N–H and O–H groups in total. The van der Waals surface area contributed by atoms with Crippen molar-refractivity contribution in [2.45, 2.75) is 0 Å². The second-order valence-electron chi connectivity index (χ2n) is 4.33. The molecule has 23 heavy (non-hydrogen) atoms. The average molecular weight is 431 g/mol. The number of ether oxygens (including phenoxy) is 1. The van der Waals surface area contributed by atoms with Crippen LogP contribution in [0.25, 0.3) is 10.7 Å². The van der Waals surface area contributed by atoms with Crippen LogP contribution in [0.4, 0.5) is 5.13 Å². The highest BCUT2D eigenvalue weighted by Gasteiger charge is 2.13. The van der Waals surface area contributed by atoms with Crippen molar-refractivity contribution >= 4 is 61.4 Å². The minimum atomic E-state index is -0.301. The van der Waals surface area contributed by atoms with Gasteiger partial charge in [-0.3, -0.25) is 10.1 Å². The Morgan fingerprint density at radius 1 is 1.35 bits per heavy atom. The summed E-state index contributed by atoms with van der Waals surface area (Å²) >= 11 is 12.1. The van der Waals surface area contributed by atoms with E-state index in [4.69, 9.17) is 16.3 Å². The molecular weight excluding hydrogens is 422 g/mol. The third-order valence-electron chi connectivity index (χ3n) is 2.85. The number of carbonyl (C=O) groups is 1. The Bertz CT molecular complexity index is 865. The Balaban J connectivity index is 1.75. The van der Waals surface area contributed by atoms with Crippen LogP contribution < -0.4 is 10.1 Å². The first-order valence-corrected chi connectivity index (χ1v) is 9.07. The van der Waals surface area contributed by atoms with Gasteiger partial charge in [0, 0.05) is 17.1 Å². The Labute approximate surface area is 153 Å². The maximum Gasteiger partial charge on any atom is 0.257 e. The zero-order valence-electron chi connectivity index (χ0n) is 11.7. The lowest BCUT2D eigenvalue weighted by atomic mass is 10.2. The van der Waals surface area contributed by atoms with Crippen molar-refractivity contribution in [3.63, 3.8) is 0 Å². The fourth-order valence-corrected chi connectivity index (χ4v) is 4.00. The number of aromatic nitrogens is 2. The van der Waals surface area contributed by atoms with E-state index in [1.807, 2.05) is 12.1 Å². The monoisotopic (exact) mass is 429 g/mol. The first kappa shape index (κ1) is 16.4.